The highest BCUT2D eigenvalue weighted by Gasteiger charge is 2.14. The molecule has 5 nitrogen and oxygen atoms in total. The van der Waals surface area contributed by atoms with Crippen molar-refractivity contribution in [1.82, 2.24) is 10.0 Å². The van der Waals surface area contributed by atoms with Gasteiger partial charge in [0.2, 0.25) is 10.0 Å². The summed E-state index contributed by atoms with van der Waals surface area (Å²) in [4.78, 5) is 13.7. The van der Waals surface area contributed by atoms with Crippen molar-refractivity contribution in [3.8, 4) is 0 Å². The molecule has 130 valence electrons. The number of carbonyl (C=O) groups excluding carboxylic acids is 1. The van der Waals surface area contributed by atoms with Crippen LogP contribution in [0, 0.1) is 5.82 Å². The Labute approximate surface area is 145 Å². The van der Waals surface area contributed by atoms with Crippen LogP contribution in [-0.2, 0) is 16.4 Å². The minimum absolute atomic E-state index is 0.209. The van der Waals surface area contributed by atoms with Crippen molar-refractivity contribution >= 4 is 27.3 Å². The third-order valence-corrected chi connectivity index (χ3v) is 5.21. The molecule has 0 spiro atoms. The van der Waals surface area contributed by atoms with E-state index in [-0.39, 0.29) is 17.8 Å². The molecular formula is C16H19FN2O3S2. The molecule has 0 radical (unpaired) electrons. The van der Waals surface area contributed by atoms with E-state index in [1.165, 1.54) is 23.5 Å². The summed E-state index contributed by atoms with van der Waals surface area (Å²) in [6.07, 6.45) is 1.63. The molecule has 0 aliphatic rings. The van der Waals surface area contributed by atoms with Gasteiger partial charge in [0, 0.05) is 11.4 Å². The van der Waals surface area contributed by atoms with Crippen LogP contribution in [-0.4, -0.2) is 27.1 Å². The van der Waals surface area contributed by atoms with Gasteiger partial charge in [-0.3, -0.25) is 4.79 Å². The molecule has 24 heavy (non-hydrogen) atoms. The van der Waals surface area contributed by atoms with E-state index in [0.717, 1.165) is 16.7 Å². The molecule has 0 saturated heterocycles. The minimum Gasteiger partial charge on any atom is -0.345 e. The highest BCUT2D eigenvalue weighted by Crippen LogP contribution is 2.19. The second-order valence-corrected chi connectivity index (χ2v) is 8.43. The first-order valence-electron chi connectivity index (χ1n) is 7.34. The van der Waals surface area contributed by atoms with E-state index in [1.807, 2.05) is 13.0 Å². The van der Waals surface area contributed by atoms with Crippen LogP contribution in [0.4, 0.5) is 4.39 Å². The third kappa shape index (κ3) is 5.70. The van der Waals surface area contributed by atoms with Crippen LogP contribution in [0.1, 0.15) is 33.1 Å². The average molecular weight is 370 g/mol. The highest BCUT2D eigenvalue weighted by atomic mass is 32.2. The van der Waals surface area contributed by atoms with E-state index < -0.39 is 10.0 Å². The normalized spacial score (nSPS) is 12.8. The van der Waals surface area contributed by atoms with Crippen LogP contribution in [0.3, 0.4) is 0 Å². The summed E-state index contributed by atoms with van der Waals surface area (Å²) >= 11 is 1.32. The fourth-order valence-corrected chi connectivity index (χ4v) is 3.48. The first-order chi connectivity index (χ1) is 11.2. The number of rotatable bonds is 7. The van der Waals surface area contributed by atoms with Gasteiger partial charge in [-0.1, -0.05) is 12.1 Å². The Bertz CT molecular complexity index is 801. The number of nitrogens with one attached hydrogen (secondary N) is 2. The number of hydrogen-bond acceptors (Lipinski definition) is 4. The summed E-state index contributed by atoms with van der Waals surface area (Å²) in [7, 11) is -3.20. The number of hydrogen-bond donors (Lipinski definition) is 2. The van der Waals surface area contributed by atoms with Gasteiger partial charge in [0.05, 0.1) is 17.2 Å². The van der Waals surface area contributed by atoms with Gasteiger partial charge in [-0.25, -0.2) is 17.5 Å². The lowest BCUT2D eigenvalue weighted by atomic mass is 10.1. The average Bonchev–Trinajstić information content (AvgIpc) is 2.95. The molecule has 1 amide bonds. The van der Waals surface area contributed by atoms with Crippen LogP contribution < -0.4 is 10.0 Å². The molecule has 1 aromatic heterocycles. The van der Waals surface area contributed by atoms with Gasteiger partial charge in [0.1, 0.15) is 5.82 Å². The number of amides is 1. The Morgan fingerprint density at radius 1 is 1.21 bits per heavy atom. The number of sulfonamides is 1. The van der Waals surface area contributed by atoms with Crippen LogP contribution in [0.2, 0.25) is 0 Å². The number of carbonyl (C=O) groups is 1. The molecule has 2 rings (SSSR count). The van der Waals surface area contributed by atoms with Gasteiger partial charge in [-0.05, 0) is 43.2 Å². The van der Waals surface area contributed by atoms with Crippen LogP contribution >= 0.6 is 11.3 Å². The molecule has 8 heteroatoms. The number of halogens is 1. The van der Waals surface area contributed by atoms with E-state index in [1.54, 1.807) is 18.2 Å². The zero-order valence-corrected chi connectivity index (χ0v) is 15.0. The second kappa shape index (κ2) is 7.87. The first-order valence-corrected chi connectivity index (χ1v) is 10.0. The summed E-state index contributed by atoms with van der Waals surface area (Å²) in [5.41, 5.74) is 0.818. The SMILES string of the molecule is CC(NC(=O)c1ccc(CCNS(C)(=O)=O)s1)c1ccc(F)cc1. The Hall–Kier alpha value is -1.77. The van der Waals surface area contributed by atoms with E-state index in [9.17, 15) is 17.6 Å². The summed E-state index contributed by atoms with van der Waals surface area (Å²) in [5.74, 6) is -0.526. The van der Waals surface area contributed by atoms with Gasteiger partial charge in [-0.2, -0.15) is 0 Å². The summed E-state index contributed by atoms with van der Waals surface area (Å²) < 4.78 is 37.4. The fraction of sp³-hybridized carbons (Fsp3) is 0.312. The quantitative estimate of drug-likeness (QED) is 0.786. The number of benzene rings is 1. The second-order valence-electron chi connectivity index (χ2n) is 5.43. The van der Waals surface area contributed by atoms with Crippen LogP contribution in [0.15, 0.2) is 36.4 Å². The maximum Gasteiger partial charge on any atom is 0.261 e. The minimum atomic E-state index is -3.20. The molecule has 0 saturated carbocycles. The van der Waals surface area contributed by atoms with E-state index >= 15 is 0 Å². The standard InChI is InChI=1S/C16H19FN2O3S2/c1-11(12-3-5-13(17)6-4-12)19-16(20)15-8-7-14(23-15)9-10-18-24(2,21)22/h3-8,11,18H,9-10H2,1-2H3,(H,19,20). The van der Waals surface area contributed by atoms with Gasteiger partial charge < -0.3 is 5.32 Å². The molecule has 0 aliphatic heterocycles. The van der Waals surface area contributed by atoms with Gasteiger partial charge in [0.25, 0.3) is 5.91 Å². The predicted octanol–water partition coefficient (Wildman–Crippen LogP) is 2.47. The Balaban J connectivity index is 1.92. The van der Waals surface area contributed by atoms with Crippen molar-refractivity contribution in [3.63, 3.8) is 0 Å². The van der Waals surface area contributed by atoms with Crippen molar-refractivity contribution < 1.29 is 17.6 Å². The monoisotopic (exact) mass is 370 g/mol. The van der Waals surface area contributed by atoms with Crippen molar-refractivity contribution in [2.75, 3.05) is 12.8 Å². The topological polar surface area (TPSA) is 75.3 Å². The van der Waals surface area contributed by atoms with Crippen LogP contribution in [0.5, 0.6) is 0 Å². The van der Waals surface area contributed by atoms with Crippen molar-refractivity contribution in [2.24, 2.45) is 0 Å². The summed E-state index contributed by atoms with van der Waals surface area (Å²) in [6, 6.07) is 9.27. The molecule has 1 unspecified atom stereocenters. The smallest absolute Gasteiger partial charge is 0.261 e. The lowest BCUT2D eigenvalue weighted by Crippen LogP contribution is -2.25. The number of thiophene rings is 1. The lowest BCUT2D eigenvalue weighted by molar-refractivity contribution is 0.0944. The molecule has 2 N–H and O–H groups in total. The van der Waals surface area contributed by atoms with E-state index in [2.05, 4.69) is 10.0 Å². The molecule has 2 aromatic rings. The van der Waals surface area contributed by atoms with Gasteiger partial charge in [0.15, 0.2) is 0 Å². The molecule has 1 heterocycles. The van der Waals surface area contributed by atoms with Crippen molar-refractivity contribution in [3.05, 3.63) is 57.5 Å². The molecule has 1 aromatic carbocycles. The zero-order valence-electron chi connectivity index (χ0n) is 13.4. The van der Waals surface area contributed by atoms with E-state index in [4.69, 9.17) is 0 Å². The van der Waals surface area contributed by atoms with Gasteiger partial charge >= 0.3 is 0 Å². The maximum atomic E-state index is 12.9. The lowest BCUT2D eigenvalue weighted by Gasteiger charge is -2.13. The molecular weight excluding hydrogens is 351 g/mol. The van der Waals surface area contributed by atoms with Crippen molar-refractivity contribution in [1.29, 1.82) is 0 Å². The Morgan fingerprint density at radius 3 is 2.50 bits per heavy atom. The summed E-state index contributed by atoms with van der Waals surface area (Å²) in [5, 5.41) is 2.86. The van der Waals surface area contributed by atoms with Crippen LogP contribution in [0.25, 0.3) is 0 Å². The molecule has 1 atom stereocenters. The van der Waals surface area contributed by atoms with Crippen molar-refractivity contribution in [2.45, 2.75) is 19.4 Å². The van der Waals surface area contributed by atoms with E-state index in [0.29, 0.717) is 17.8 Å². The third-order valence-electron chi connectivity index (χ3n) is 3.34. The van der Waals surface area contributed by atoms with Gasteiger partial charge in [-0.15, -0.1) is 11.3 Å². The molecule has 0 fully saturated rings. The molecule has 0 bridgehead atoms. The zero-order chi connectivity index (χ0) is 17.7. The Morgan fingerprint density at radius 2 is 1.88 bits per heavy atom. The highest BCUT2D eigenvalue weighted by molar-refractivity contribution is 7.88. The maximum absolute atomic E-state index is 12.9. The Kier molecular flexibility index (Phi) is 6.09. The summed E-state index contributed by atoms with van der Waals surface area (Å²) in [6.45, 7) is 2.13. The fourth-order valence-electron chi connectivity index (χ4n) is 2.10. The predicted molar refractivity (Wildman–Crippen MR) is 93.2 cm³/mol. The first kappa shape index (κ1) is 18.6. The largest absolute Gasteiger partial charge is 0.345 e. The molecule has 0 aliphatic carbocycles.